The maximum absolute atomic E-state index is 6.21. The monoisotopic (exact) mass is 272 g/mol. The summed E-state index contributed by atoms with van der Waals surface area (Å²) in [7, 11) is 3.59. The molecular formula is C15H32N2O2. The van der Waals surface area contributed by atoms with Gasteiger partial charge in [-0.2, -0.15) is 0 Å². The Hall–Kier alpha value is -0.160. The number of nitrogens with zero attached hydrogens (tertiary/aromatic N) is 1. The van der Waals surface area contributed by atoms with Crippen LogP contribution in [0.25, 0.3) is 0 Å². The van der Waals surface area contributed by atoms with Gasteiger partial charge in [0.15, 0.2) is 0 Å². The average molecular weight is 272 g/mol. The molecule has 1 rings (SSSR count). The second kappa shape index (κ2) is 8.20. The first kappa shape index (κ1) is 16.9. The molecule has 0 radical (unpaired) electrons. The van der Waals surface area contributed by atoms with E-state index in [-0.39, 0.29) is 11.6 Å². The minimum Gasteiger partial charge on any atom is -0.383 e. The van der Waals surface area contributed by atoms with Crippen LogP contribution in [0.5, 0.6) is 0 Å². The quantitative estimate of drug-likeness (QED) is 0.734. The summed E-state index contributed by atoms with van der Waals surface area (Å²) < 4.78 is 11.1. The van der Waals surface area contributed by atoms with E-state index in [1.54, 1.807) is 7.11 Å². The molecule has 4 heteroatoms. The molecule has 0 saturated heterocycles. The van der Waals surface area contributed by atoms with Gasteiger partial charge >= 0.3 is 0 Å². The van der Waals surface area contributed by atoms with E-state index in [4.69, 9.17) is 15.2 Å². The minimum absolute atomic E-state index is 0.0129. The highest BCUT2D eigenvalue weighted by atomic mass is 16.5. The van der Waals surface area contributed by atoms with Crippen LogP contribution in [0.4, 0.5) is 0 Å². The third-order valence-corrected chi connectivity index (χ3v) is 4.79. The smallest absolute Gasteiger partial charge is 0.0767 e. The molecule has 2 N–H and O–H groups in total. The van der Waals surface area contributed by atoms with Crippen LogP contribution in [0.2, 0.25) is 0 Å². The first-order valence-electron chi connectivity index (χ1n) is 7.64. The maximum Gasteiger partial charge on any atom is 0.0767 e. The lowest BCUT2D eigenvalue weighted by molar-refractivity contribution is -0.0951. The van der Waals surface area contributed by atoms with Crippen LogP contribution in [-0.2, 0) is 9.47 Å². The molecule has 0 aromatic carbocycles. The average Bonchev–Trinajstić information content (AvgIpc) is 2.47. The molecule has 4 nitrogen and oxygen atoms in total. The topological polar surface area (TPSA) is 47.7 Å². The van der Waals surface area contributed by atoms with Crippen molar-refractivity contribution in [2.45, 2.75) is 63.6 Å². The first-order chi connectivity index (χ1) is 9.16. The van der Waals surface area contributed by atoms with E-state index >= 15 is 0 Å². The molecule has 0 aromatic heterocycles. The fraction of sp³-hybridized carbons (Fsp3) is 1.00. The Balaban J connectivity index is 2.96. The molecule has 0 spiro atoms. The van der Waals surface area contributed by atoms with Crippen molar-refractivity contribution >= 4 is 0 Å². The van der Waals surface area contributed by atoms with Gasteiger partial charge in [0, 0.05) is 33.4 Å². The van der Waals surface area contributed by atoms with Crippen molar-refractivity contribution in [3.8, 4) is 0 Å². The first-order valence-corrected chi connectivity index (χ1v) is 7.64. The van der Waals surface area contributed by atoms with Gasteiger partial charge in [0.2, 0.25) is 0 Å². The molecule has 3 unspecified atom stereocenters. The number of ether oxygens (including phenoxy) is 2. The SMILES string of the molecule is CCC(C)N(CCOC)C1(CN)CCCCC1OC. The fourth-order valence-electron chi connectivity index (χ4n) is 3.50. The summed E-state index contributed by atoms with van der Waals surface area (Å²) >= 11 is 0. The van der Waals surface area contributed by atoms with E-state index in [2.05, 4.69) is 18.7 Å². The normalized spacial score (nSPS) is 29.7. The number of rotatable bonds is 8. The van der Waals surface area contributed by atoms with Crippen LogP contribution >= 0.6 is 0 Å². The van der Waals surface area contributed by atoms with Gasteiger partial charge < -0.3 is 15.2 Å². The number of hydrogen-bond donors (Lipinski definition) is 1. The standard InChI is InChI=1S/C15H32N2O2/c1-5-13(2)17(10-11-18-3)15(12-16)9-7-6-8-14(15)19-4/h13-14H,5-12,16H2,1-4H3. The predicted molar refractivity (Wildman–Crippen MR) is 79.4 cm³/mol. The summed E-state index contributed by atoms with van der Waals surface area (Å²) in [5.74, 6) is 0. The van der Waals surface area contributed by atoms with Crippen LogP contribution in [0.15, 0.2) is 0 Å². The molecule has 0 amide bonds. The van der Waals surface area contributed by atoms with Crippen LogP contribution in [0, 0.1) is 0 Å². The lowest BCUT2D eigenvalue weighted by Gasteiger charge is -2.52. The number of hydrogen-bond acceptors (Lipinski definition) is 4. The van der Waals surface area contributed by atoms with E-state index in [0.717, 1.165) is 32.4 Å². The van der Waals surface area contributed by atoms with Crippen molar-refractivity contribution in [3.05, 3.63) is 0 Å². The summed E-state index contributed by atoms with van der Waals surface area (Å²) in [6.07, 6.45) is 6.12. The van der Waals surface area contributed by atoms with E-state index in [1.165, 1.54) is 12.8 Å². The Morgan fingerprint density at radius 2 is 2.11 bits per heavy atom. The fourth-order valence-corrected chi connectivity index (χ4v) is 3.50. The summed E-state index contributed by atoms with van der Waals surface area (Å²) in [5.41, 5.74) is 6.19. The van der Waals surface area contributed by atoms with Crippen molar-refractivity contribution in [1.29, 1.82) is 0 Å². The van der Waals surface area contributed by atoms with Gasteiger partial charge in [0.05, 0.1) is 18.2 Å². The molecule has 114 valence electrons. The molecule has 1 aliphatic carbocycles. The highest BCUT2D eigenvalue weighted by Gasteiger charge is 2.45. The van der Waals surface area contributed by atoms with Crippen molar-refractivity contribution in [2.75, 3.05) is 33.9 Å². The lowest BCUT2D eigenvalue weighted by Crippen LogP contribution is -2.65. The zero-order valence-electron chi connectivity index (χ0n) is 13.2. The molecule has 0 aliphatic heterocycles. The van der Waals surface area contributed by atoms with E-state index in [0.29, 0.717) is 12.6 Å². The molecule has 0 heterocycles. The third-order valence-electron chi connectivity index (χ3n) is 4.79. The van der Waals surface area contributed by atoms with Gasteiger partial charge in [-0.05, 0) is 26.2 Å². The van der Waals surface area contributed by atoms with Gasteiger partial charge in [0.1, 0.15) is 0 Å². The van der Waals surface area contributed by atoms with Gasteiger partial charge in [-0.25, -0.2) is 0 Å². The Kier molecular flexibility index (Phi) is 7.29. The summed E-state index contributed by atoms with van der Waals surface area (Å²) in [4.78, 5) is 2.55. The Morgan fingerprint density at radius 1 is 1.37 bits per heavy atom. The Morgan fingerprint density at radius 3 is 2.63 bits per heavy atom. The highest BCUT2D eigenvalue weighted by molar-refractivity contribution is 5.02. The predicted octanol–water partition coefficient (Wildman–Crippen LogP) is 2.02. The van der Waals surface area contributed by atoms with Gasteiger partial charge in [-0.1, -0.05) is 19.8 Å². The molecule has 3 atom stereocenters. The second-order valence-corrected chi connectivity index (χ2v) is 5.72. The van der Waals surface area contributed by atoms with E-state index < -0.39 is 0 Å². The molecule has 1 saturated carbocycles. The number of nitrogens with two attached hydrogens (primary N) is 1. The summed E-state index contributed by atoms with van der Waals surface area (Å²) in [5, 5.41) is 0. The molecule has 0 aromatic rings. The van der Waals surface area contributed by atoms with Crippen molar-refractivity contribution in [1.82, 2.24) is 4.90 Å². The highest BCUT2D eigenvalue weighted by Crippen LogP contribution is 2.36. The Bertz CT molecular complexity index is 250. The zero-order valence-corrected chi connectivity index (χ0v) is 13.2. The molecule has 1 aliphatic rings. The maximum atomic E-state index is 6.21. The van der Waals surface area contributed by atoms with E-state index in [9.17, 15) is 0 Å². The Labute approximate surface area is 118 Å². The van der Waals surface area contributed by atoms with Gasteiger partial charge in [-0.15, -0.1) is 0 Å². The van der Waals surface area contributed by atoms with Gasteiger partial charge in [0.25, 0.3) is 0 Å². The third kappa shape index (κ3) is 3.69. The van der Waals surface area contributed by atoms with Crippen molar-refractivity contribution < 1.29 is 9.47 Å². The second-order valence-electron chi connectivity index (χ2n) is 5.72. The lowest BCUT2D eigenvalue weighted by atomic mass is 9.76. The molecular weight excluding hydrogens is 240 g/mol. The van der Waals surface area contributed by atoms with Crippen molar-refractivity contribution in [3.63, 3.8) is 0 Å². The largest absolute Gasteiger partial charge is 0.383 e. The van der Waals surface area contributed by atoms with Crippen LogP contribution in [0.1, 0.15) is 46.0 Å². The van der Waals surface area contributed by atoms with Gasteiger partial charge in [-0.3, -0.25) is 4.90 Å². The molecule has 1 fully saturated rings. The summed E-state index contributed by atoms with van der Waals surface area (Å²) in [6, 6.07) is 0.509. The van der Waals surface area contributed by atoms with Crippen LogP contribution in [0.3, 0.4) is 0 Å². The zero-order chi connectivity index (χ0) is 14.3. The summed E-state index contributed by atoms with van der Waals surface area (Å²) in [6.45, 7) is 6.87. The van der Waals surface area contributed by atoms with Crippen LogP contribution in [-0.4, -0.2) is 56.5 Å². The van der Waals surface area contributed by atoms with Crippen LogP contribution < -0.4 is 5.73 Å². The number of methoxy groups -OCH3 is 2. The molecule has 0 bridgehead atoms. The van der Waals surface area contributed by atoms with Crippen molar-refractivity contribution in [2.24, 2.45) is 5.73 Å². The van der Waals surface area contributed by atoms with E-state index in [1.807, 2.05) is 7.11 Å². The minimum atomic E-state index is -0.0129. The molecule has 19 heavy (non-hydrogen) atoms.